The second-order valence-electron chi connectivity index (χ2n) is 3.89. The summed E-state index contributed by atoms with van der Waals surface area (Å²) in [5.74, 6) is -0.853. The Morgan fingerprint density at radius 1 is 1.50 bits per heavy atom. The van der Waals surface area contributed by atoms with Gasteiger partial charge < -0.3 is 0 Å². The van der Waals surface area contributed by atoms with Crippen LogP contribution >= 0.6 is 22.9 Å². The number of hydrogen-bond acceptors (Lipinski definition) is 4. The van der Waals surface area contributed by atoms with Gasteiger partial charge in [0.15, 0.2) is 10.7 Å². The van der Waals surface area contributed by atoms with Gasteiger partial charge in [-0.1, -0.05) is 18.3 Å². The highest BCUT2D eigenvalue weighted by molar-refractivity contribution is 7.17. The Morgan fingerprint density at radius 2 is 2.15 bits per heavy atom. The quantitative estimate of drug-likeness (QED) is 0.644. The van der Waals surface area contributed by atoms with Crippen molar-refractivity contribution in [1.29, 1.82) is 0 Å². The molecule has 0 aliphatic rings. The first-order valence-corrected chi connectivity index (χ1v) is 6.86. The van der Waals surface area contributed by atoms with Gasteiger partial charge in [0.25, 0.3) is 5.56 Å². The minimum atomic E-state index is -4.72. The third kappa shape index (κ3) is 2.45. The summed E-state index contributed by atoms with van der Waals surface area (Å²) in [7, 11) is 0. The van der Waals surface area contributed by atoms with Crippen LogP contribution in [0.1, 0.15) is 34.4 Å². The number of halogens is 4. The second-order valence-corrected chi connectivity index (χ2v) is 5.14. The Morgan fingerprint density at radius 3 is 2.65 bits per heavy atom. The average Bonchev–Trinajstić information content (AvgIpc) is 2.77. The molecule has 0 aliphatic heterocycles. The van der Waals surface area contributed by atoms with Gasteiger partial charge in [-0.3, -0.25) is 9.59 Å². The molecule has 2 rings (SSSR count). The summed E-state index contributed by atoms with van der Waals surface area (Å²) in [6, 6.07) is 1.03. The highest BCUT2D eigenvalue weighted by Crippen LogP contribution is 2.37. The molecular weight excluding hydrogens is 317 g/mol. The molecule has 0 unspecified atom stereocenters. The highest BCUT2D eigenvalue weighted by Gasteiger charge is 2.39. The maximum Gasteiger partial charge on any atom is 0.427 e. The van der Waals surface area contributed by atoms with Crippen LogP contribution in [0, 0.1) is 0 Å². The number of hydrogen-bond donors (Lipinski definition) is 0. The molecule has 20 heavy (non-hydrogen) atoms. The molecule has 2 aromatic rings. The van der Waals surface area contributed by atoms with E-state index in [2.05, 4.69) is 4.98 Å². The molecule has 2 aromatic heterocycles. The van der Waals surface area contributed by atoms with Crippen molar-refractivity contribution >= 4 is 33.7 Å². The van der Waals surface area contributed by atoms with Gasteiger partial charge in [0, 0.05) is 12.5 Å². The van der Waals surface area contributed by atoms with E-state index in [0.29, 0.717) is 4.40 Å². The zero-order valence-electron chi connectivity index (χ0n) is 10.1. The molecule has 0 N–H and O–H groups in total. The lowest BCUT2D eigenvalue weighted by Crippen LogP contribution is -2.20. The number of rotatable bonds is 3. The van der Waals surface area contributed by atoms with Crippen LogP contribution in [0.5, 0.6) is 0 Å². The minimum Gasteiger partial charge on any atom is -0.292 e. The van der Waals surface area contributed by atoms with Gasteiger partial charge in [-0.2, -0.15) is 13.2 Å². The zero-order valence-corrected chi connectivity index (χ0v) is 11.7. The lowest BCUT2D eigenvalue weighted by atomic mass is 10.2. The van der Waals surface area contributed by atoms with E-state index in [1.807, 2.05) is 0 Å². The number of Topliss-reactive ketones (excluding diaryl/α,β-unsaturated/α-hetero) is 1. The van der Waals surface area contributed by atoms with E-state index in [4.69, 9.17) is 11.6 Å². The normalized spacial score (nSPS) is 12.1. The van der Waals surface area contributed by atoms with Gasteiger partial charge in [0.1, 0.15) is 10.6 Å². The fourth-order valence-electron chi connectivity index (χ4n) is 1.70. The first-order valence-electron chi connectivity index (χ1n) is 5.51. The van der Waals surface area contributed by atoms with Gasteiger partial charge in [0.2, 0.25) is 0 Å². The Bertz CT molecular complexity index is 736. The van der Waals surface area contributed by atoms with Crippen molar-refractivity contribution in [2.75, 3.05) is 0 Å². The molecule has 2 heterocycles. The molecule has 0 amide bonds. The molecule has 0 saturated heterocycles. The largest absolute Gasteiger partial charge is 0.427 e. The van der Waals surface area contributed by atoms with Gasteiger partial charge >= 0.3 is 6.18 Å². The minimum absolute atomic E-state index is 0.0952. The van der Waals surface area contributed by atoms with Gasteiger partial charge in [0.05, 0.1) is 11.6 Å². The van der Waals surface area contributed by atoms with Crippen molar-refractivity contribution < 1.29 is 18.0 Å². The monoisotopic (exact) mass is 324 g/mol. The van der Waals surface area contributed by atoms with Crippen molar-refractivity contribution in [3.8, 4) is 0 Å². The van der Waals surface area contributed by atoms with Crippen LogP contribution in [-0.2, 0) is 12.1 Å². The summed E-state index contributed by atoms with van der Waals surface area (Å²) in [6.45, 7) is 1.43. The molecular formula is C11H8ClF3N2O2S. The number of ketones is 1. The predicted molar refractivity (Wildman–Crippen MR) is 68.5 cm³/mol. The van der Waals surface area contributed by atoms with Crippen LogP contribution in [0.15, 0.2) is 10.9 Å². The van der Waals surface area contributed by atoms with Crippen molar-refractivity contribution in [1.82, 2.24) is 9.38 Å². The molecule has 0 saturated carbocycles. The molecule has 0 radical (unpaired) electrons. The third-order valence-electron chi connectivity index (χ3n) is 2.55. The number of aromatic nitrogens is 2. The van der Waals surface area contributed by atoms with Crippen LogP contribution < -0.4 is 5.56 Å². The summed E-state index contributed by atoms with van der Waals surface area (Å²) in [5.41, 5.74) is -1.23. The first-order chi connectivity index (χ1) is 9.29. The maximum atomic E-state index is 13.0. The van der Waals surface area contributed by atoms with E-state index < -0.39 is 28.1 Å². The molecule has 0 bridgehead atoms. The molecule has 9 heteroatoms. The van der Waals surface area contributed by atoms with E-state index >= 15 is 0 Å². The fourth-order valence-corrected chi connectivity index (χ4v) is 2.87. The summed E-state index contributed by atoms with van der Waals surface area (Å²) in [6.07, 6.45) is -4.86. The van der Waals surface area contributed by atoms with E-state index in [-0.39, 0.29) is 34.3 Å². The number of fused-ring (bicyclic) bond motifs is 1. The lowest BCUT2D eigenvalue weighted by Gasteiger charge is -2.05. The predicted octanol–water partition coefficient (Wildman–Crippen LogP) is 3.11. The molecule has 0 spiro atoms. The number of alkyl halides is 4. The molecule has 4 nitrogen and oxygen atoms in total. The highest BCUT2D eigenvalue weighted by atomic mass is 35.5. The van der Waals surface area contributed by atoms with E-state index in [0.717, 1.165) is 6.07 Å². The van der Waals surface area contributed by atoms with E-state index in [1.165, 1.54) is 6.92 Å². The molecule has 0 atom stereocenters. The Hall–Kier alpha value is -1.41. The van der Waals surface area contributed by atoms with Gasteiger partial charge in [-0.05, 0) is 0 Å². The van der Waals surface area contributed by atoms with Crippen molar-refractivity contribution in [2.45, 2.75) is 25.4 Å². The Balaban J connectivity index is 2.91. The number of carbonyl (C=O) groups is 1. The SMILES string of the molecule is CCC(=O)c1c(C(F)(F)F)sc2nc(CCl)cc(=O)n12. The van der Waals surface area contributed by atoms with Gasteiger partial charge in [-0.15, -0.1) is 11.6 Å². The summed E-state index contributed by atoms with van der Waals surface area (Å²) in [4.78, 5) is 26.2. The van der Waals surface area contributed by atoms with E-state index in [1.54, 1.807) is 0 Å². The smallest absolute Gasteiger partial charge is 0.292 e. The van der Waals surface area contributed by atoms with Crippen LogP contribution in [0.3, 0.4) is 0 Å². The second kappa shape index (κ2) is 5.17. The molecule has 108 valence electrons. The van der Waals surface area contributed by atoms with Crippen LogP contribution in [0.4, 0.5) is 13.2 Å². The standard InChI is InChI=1S/C11H8ClF3N2O2S/c1-2-6(18)8-9(11(13,14)15)20-10-16-5(4-12)3-7(19)17(8)10/h3H,2,4H2,1H3. The summed E-state index contributed by atoms with van der Waals surface area (Å²) < 4.78 is 39.7. The van der Waals surface area contributed by atoms with E-state index in [9.17, 15) is 22.8 Å². The Labute approximate surface area is 119 Å². The number of nitrogens with zero attached hydrogens (tertiary/aromatic N) is 2. The fraction of sp³-hybridized carbons (Fsp3) is 0.364. The van der Waals surface area contributed by atoms with Crippen LogP contribution in [-0.4, -0.2) is 15.2 Å². The Kier molecular flexibility index (Phi) is 3.88. The van der Waals surface area contributed by atoms with Crippen LogP contribution in [0.2, 0.25) is 0 Å². The van der Waals surface area contributed by atoms with Crippen molar-refractivity contribution in [2.24, 2.45) is 0 Å². The first kappa shape index (κ1) is 15.0. The molecule has 0 fully saturated rings. The van der Waals surface area contributed by atoms with Crippen LogP contribution in [0.25, 0.3) is 4.96 Å². The maximum absolute atomic E-state index is 13.0. The third-order valence-corrected chi connectivity index (χ3v) is 3.91. The summed E-state index contributed by atoms with van der Waals surface area (Å²) >= 11 is 5.80. The summed E-state index contributed by atoms with van der Waals surface area (Å²) in [5, 5.41) is 0. The van der Waals surface area contributed by atoms with Crippen molar-refractivity contribution in [3.05, 3.63) is 32.7 Å². The zero-order chi connectivity index (χ0) is 15.1. The van der Waals surface area contributed by atoms with Gasteiger partial charge in [-0.25, -0.2) is 9.38 Å². The molecule has 0 aromatic carbocycles. The molecule has 0 aliphatic carbocycles. The topological polar surface area (TPSA) is 51.4 Å². The lowest BCUT2D eigenvalue weighted by molar-refractivity contribution is -0.134. The number of thiazole rings is 1. The van der Waals surface area contributed by atoms with Crippen molar-refractivity contribution in [3.63, 3.8) is 0 Å². The average molecular weight is 325 g/mol. The number of carbonyl (C=O) groups excluding carboxylic acids is 1.